The summed E-state index contributed by atoms with van der Waals surface area (Å²) in [5.41, 5.74) is 0. The van der Waals surface area contributed by atoms with E-state index in [1.807, 2.05) is 0 Å². The van der Waals surface area contributed by atoms with Crippen molar-refractivity contribution in [2.75, 3.05) is 31.9 Å². The van der Waals surface area contributed by atoms with Gasteiger partial charge in [0.15, 0.2) is 0 Å². The first-order chi connectivity index (χ1) is 8.04. The summed E-state index contributed by atoms with van der Waals surface area (Å²) in [6.07, 6.45) is 3.03. The normalized spacial score (nSPS) is 33.1. The molecule has 2 saturated heterocycles. The molecule has 2 aliphatic heterocycles. The van der Waals surface area contributed by atoms with Crippen LogP contribution in [-0.4, -0.2) is 66.8 Å². The number of sulfonamides is 1. The summed E-state index contributed by atoms with van der Waals surface area (Å²) >= 11 is 0. The number of aliphatic hydroxyl groups is 1. The van der Waals surface area contributed by atoms with Crippen molar-refractivity contribution in [1.82, 2.24) is 9.21 Å². The average molecular weight is 262 g/mol. The van der Waals surface area contributed by atoms with Crippen LogP contribution in [0.3, 0.4) is 0 Å². The number of likely N-dealkylation sites (tertiary alicyclic amines) is 1. The van der Waals surface area contributed by atoms with E-state index in [0.29, 0.717) is 6.54 Å². The second-order valence-electron chi connectivity index (χ2n) is 4.95. The number of rotatable bonds is 3. The first kappa shape index (κ1) is 13.3. The van der Waals surface area contributed by atoms with Gasteiger partial charge in [-0.25, -0.2) is 8.42 Å². The lowest BCUT2D eigenvalue weighted by Gasteiger charge is -2.33. The molecule has 2 fully saturated rings. The minimum Gasteiger partial charge on any atom is -0.390 e. The van der Waals surface area contributed by atoms with E-state index in [1.54, 1.807) is 6.92 Å². The van der Waals surface area contributed by atoms with Crippen molar-refractivity contribution in [1.29, 1.82) is 0 Å². The van der Waals surface area contributed by atoms with Crippen LogP contribution in [0.5, 0.6) is 0 Å². The quantitative estimate of drug-likeness (QED) is 0.769. The molecule has 2 aliphatic rings. The first-order valence-corrected chi connectivity index (χ1v) is 8.05. The largest absolute Gasteiger partial charge is 0.390 e. The zero-order chi connectivity index (χ0) is 12.5. The Morgan fingerprint density at radius 1 is 1.18 bits per heavy atom. The molecule has 0 radical (unpaired) electrons. The SMILES string of the molecule is CCS(=O)(=O)N1C[C@H](O)[C@@H](N2CCCCC2)C1. The van der Waals surface area contributed by atoms with Crippen LogP contribution in [0.15, 0.2) is 0 Å². The van der Waals surface area contributed by atoms with Crippen LogP contribution < -0.4 is 0 Å². The van der Waals surface area contributed by atoms with Gasteiger partial charge >= 0.3 is 0 Å². The summed E-state index contributed by atoms with van der Waals surface area (Å²) in [7, 11) is -3.16. The van der Waals surface area contributed by atoms with E-state index in [2.05, 4.69) is 4.90 Å². The van der Waals surface area contributed by atoms with Gasteiger partial charge in [0.05, 0.1) is 17.9 Å². The average Bonchev–Trinajstić information content (AvgIpc) is 2.73. The van der Waals surface area contributed by atoms with Gasteiger partial charge in [-0.15, -0.1) is 0 Å². The van der Waals surface area contributed by atoms with E-state index >= 15 is 0 Å². The molecule has 0 spiro atoms. The molecule has 0 amide bonds. The fourth-order valence-corrected chi connectivity index (χ4v) is 3.88. The number of β-amino-alcohol motifs (C(OH)–C–C–N with tert-alkyl or cyclic N) is 1. The Morgan fingerprint density at radius 2 is 1.82 bits per heavy atom. The van der Waals surface area contributed by atoms with Gasteiger partial charge in [-0.3, -0.25) is 4.90 Å². The van der Waals surface area contributed by atoms with Crippen LogP contribution in [0, 0.1) is 0 Å². The molecule has 0 aromatic carbocycles. The summed E-state index contributed by atoms with van der Waals surface area (Å²) in [4.78, 5) is 2.25. The van der Waals surface area contributed by atoms with Crippen molar-refractivity contribution in [3.05, 3.63) is 0 Å². The zero-order valence-electron chi connectivity index (χ0n) is 10.4. The summed E-state index contributed by atoms with van der Waals surface area (Å²) < 4.78 is 25.0. The summed E-state index contributed by atoms with van der Waals surface area (Å²) in [5.74, 6) is 0.117. The molecular weight excluding hydrogens is 240 g/mol. The minimum absolute atomic E-state index is 0.00313. The van der Waals surface area contributed by atoms with Crippen molar-refractivity contribution < 1.29 is 13.5 Å². The van der Waals surface area contributed by atoms with Crippen molar-refractivity contribution in [2.24, 2.45) is 0 Å². The summed E-state index contributed by atoms with van der Waals surface area (Å²) in [6.45, 7) is 4.34. The number of aliphatic hydroxyl groups excluding tert-OH is 1. The van der Waals surface area contributed by atoms with Crippen LogP contribution in [-0.2, 0) is 10.0 Å². The number of hydrogen-bond donors (Lipinski definition) is 1. The molecule has 100 valence electrons. The molecule has 0 aromatic heterocycles. The van der Waals surface area contributed by atoms with Gasteiger partial charge in [-0.05, 0) is 32.9 Å². The molecule has 17 heavy (non-hydrogen) atoms. The molecule has 2 atom stereocenters. The van der Waals surface area contributed by atoms with Crippen molar-refractivity contribution in [3.8, 4) is 0 Å². The highest BCUT2D eigenvalue weighted by atomic mass is 32.2. The van der Waals surface area contributed by atoms with Crippen LogP contribution in [0.2, 0.25) is 0 Å². The van der Waals surface area contributed by atoms with Crippen LogP contribution >= 0.6 is 0 Å². The number of piperidine rings is 1. The fraction of sp³-hybridized carbons (Fsp3) is 1.00. The Kier molecular flexibility index (Phi) is 4.07. The minimum atomic E-state index is -3.16. The highest BCUT2D eigenvalue weighted by Crippen LogP contribution is 2.22. The lowest BCUT2D eigenvalue weighted by atomic mass is 10.1. The maximum atomic E-state index is 11.8. The highest BCUT2D eigenvalue weighted by Gasteiger charge is 2.40. The smallest absolute Gasteiger partial charge is 0.213 e. The number of nitrogens with zero attached hydrogens (tertiary/aromatic N) is 2. The van der Waals surface area contributed by atoms with Gasteiger partial charge in [-0.1, -0.05) is 6.42 Å². The zero-order valence-corrected chi connectivity index (χ0v) is 11.2. The maximum absolute atomic E-state index is 11.8. The summed E-state index contributed by atoms with van der Waals surface area (Å²) in [5, 5.41) is 10.0. The standard InChI is InChI=1S/C11H22N2O3S/c1-2-17(15,16)13-8-10(11(14)9-13)12-6-4-3-5-7-12/h10-11,14H,2-9H2,1H3/t10-,11-/m0/s1. The molecule has 2 heterocycles. The predicted molar refractivity (Wildman–Crippen MR) is 66.3 cm³/mol. The molecule has 2 rings (SSSR count). The van der Waals surface area contributed by atoms with E-state index in [4.69, 9.17) is 0 Å². The fourth-order valence-electron chi connectivity index (χ4n) is 2.75. The Bertz CT molecular complexity index is 352. The molecule has 0 saturated carbocycles. The molecule has 5 nitrogen and oxygen atoms in total. The Hall–Kier alpha value is -0.170. The van der Waals surface area contributed by atoms with Crippen LogP contribution in [0.1, 0.15) is 26.2 Å². The second kappa shape index (κ2) is 5.22. The van der Waals surface area contributed by atoms with Gasteiger partial charge in [0.1, 0.15) is 0 Å². The third kappa shape index (κ3) is 2.81. The monoisotopic (exact) mass is 262 g/mol. The van der Waals surface area contributed by atoms with Gasteiger partial charge in [-0.2, -0.15) is 4.31 Å². The Labute approximate surface area is 103 Å². The molecular formula is C11H22N2O3S. The van der Waals surface area contributed by atoms with Crippen molar-refractivity contribution >= 4 is 10.0 Å². The predicted octanol–water partition coefficient (Wildman–Crippen LogP) is -0.133. The van der Waals surface area contributed by atoms with Crippen molar-refractivity contribution in [3.63, 3.8) is 0 Å². The topological polar surface area (TPSA) is 60.9 Å². The Balaban J connectivity index is 2.02. The third-order valence-electron chi connectivity index (χ3n) is 3.84. The van der Waals surface area contributed by atoms with E-state index in [1.165, 1.54) is 10.7 Å². The maximum Gasteiger partial charge on any atom is 0.213 e. The van der Waals surface area contributed by atoms with E-state index in [9.17, 15) is 13.5 Å². The first-order valence-electron chi connectivity index (χ1n) is 6.44. The van der Waals surface area contributed by atoms with E-state index < -0.39 is 16.1 Å². The van der Waals surface area contributed by atoms with Gasteiger partial charge in [0.25, 0.3) is 0 Å². The van der Waals surface area contributed by atoms with Crippen molar-refractivity contribution in [2.45, 2.75) is 38.3 Å². The Morgan fingerprint density at radius 3 is 2.41 bits per heavy atom. The molecule has 0 unspecified atom stereocenters. The molecule has 0 bridgehead atoms. The lowest BCUT2D eigenvalue weighted by Crippen LogP contribution is -2.46. The highest BCUT2D eigenvalue weighted by molar-refractivity contribution is 7.89. The second-order valence-corrected chi connectivity index (χ2v) is 7.21. The molecule has 6 heteroatoms. The van der Waals surface area contributed by atoms with E-state index in [0.717, 1.165) is 25.9 Å². The molecule has 1 N–H and O–H groups in total. The van der Waals surface area contributed by atoms with Crippen LogP contribution in [0.25, 0.3) is 0 Å². The van der Waals surface area contributed by atoms with Gasteiger partial charge < -0.3 is 5.11 Å². The van der Waals surface area contributed by atoms with Gasteiger partial charge in [0.2, 0.25) is 10.0 Å². The lowest BCUT2D eigenvalue weighted by molar-refractivity contribution is 0.0706. The summed E-state index contributed by atoms with van der Waals surface area (Å²) in [6, 6.07) is -0.00313. The van der Waals surface area contributed by atoms with Gasteiger partial charge in [0, 0.05) is 13.1 Å². The third-order valence-corrected chi connectivity index (χ3v) is 5.66. The molecule has 0 aromatic rings. The number of hydrogen-bond acceptors (Lipinski definition) is 4. The van der Waals surface area contributed by atoms with Crippen LogP contribution in [0.4, 0.5) is 0 Å². The van der Waals surface area contributed by atoms with E-state index in [-0.39, 0.29) is 18.3 Å². The molecule has 0 aliphatic carbocycles.